The predicted molar refractivity (Wildman–Crippen MR) is 220 cm³/mol. The Bertz CT molecular complexity index is 2340. The van der Waals surface area contributed by atoms with Gasteiger partial charge < -0.3 is 29.4 Å². The number of nitrogens with two attached hydrogens (primary N) is 1. The smallest absolute Gasteiger partial charge is 0.266 e. The summed E-state index contributed by atoms with van der Waals surface area (Å²) in [4.78, 5) is 58.2. The first-order valence-electron chi connectivity index (χ1n) is 20.2. The molecule has 3 aliphatic rings. The number of anilines is 1. The van der Waals surface area contributed by atoms with Crippen LogP contribution in [0, 0.1) is 0 Å². The largest absolute Gasteiger partial charge is 0.490 e. The summed E-state index contributed by atoms with van der Waals surface area (Å²) in [5.74, 6) is -0.544. The number of hydrogen-bond donors (Lipinski definition) is 2. The van der Waals surface area contributed by atoms with Crippen LogP contribution in [0.5, 0.6) is 17.2 Å². The van der Waals surface area contributed by atoms with E-state index in [-0.39, 0.29) is 49.0 Å². The lowest BCUT2D eigenvalue weighted by atomic mass is 10.0. The molecule has 0 radical (unpaired) electrons. The molecule has 0 spiro atoms. The van der Waals surface area contributed by atoms with Crippen LogP contribution < -0.4 is 20.5 Å². The van der Waals surface area contributed by atoms with Crippen LogP contribution in [0.25, 0.3) is 22.3 Å². The number of carbonyl (C=O) groups excluding carboxylic acids is 4. The number of nitrogens with one attached hydrogen (secondary N) is 1. The van der Waals surface area contributed by atoms with E-state index in [0.717, 1.165) is 71.2 Å². The molecule has 60 heavy (non-hydrogen) atoms. The van der Waals surface area contributed by atoms with Gasteiger partial charge in [0.05, 0.1) is 62.2 Å². The minimum atomic E-state index is -1.04. The Morgan fingerprint density at radius 3 is 2.27 bits per heavy atom. The van der Waals surface area contributed by atoms with Gasteiger partial charge >= 0.3 is 0 Å². The summed E-state index contributed by atoms with van der Waals surface area (Å²) in [6, 6.07) is 23.2. The van der Waals surface area contributed by atoms with Crippen molar-refractivity contribution in [1.82, 2.24) is 29.9 Å². The summed E-state index contributed by atoms with van der Waals surface area (Å²) in [7, 11) is 0. The highest BCUT2D eigenvalue weighted by Gasteiger charge is 2.46. The molecule has 16 heteroatoms. The molecule has 16 nitrogen and oxygen atoms in total. The first-order chi connectivity index (χ1) is 29.4. The van der Waals surface area contributed by atoms with Crippen LogP contribution in [-0.4, -0.2) is 120 Å². The average molecular weight is 818 g/mol. The monoisotopic (exact) mass is 817 g/mol. The minimum absolute atomic E-state index is 0.0501. The van der Waals surface area contributed by atoms with Gasteiger partial charge in [-0.25, -0.2) is 9.67 Å². The van der Waals surface area contributed by atoms with Crippen LogP contribution in [0.4, 0.5) is 5.69 Å². The molecule has 5 aromatic rings. The number of pyridine rings is 1. The molecule has 2 saturated heterocycles. The summed E-state index contributed by atoms with van der Waals surface area (Å²) >= 11 is 0. The third-order valence-electron chi connectivity index (χ3n) is 10.8. The Morgan fingerprint density at radius 2 is 1.50 bits per heavy atom. The maximum absolute atomic E-state index is 13.2. The van der Waals surface area contributed by atoms with Gasteiger partial charge in [0.15, 0.2) is 5.65 Å². The van der Waals surface area contributed by atoms with Crippen LogP contribution in [-0.2, 0) is 23.8 Å². The van der Waals surface area contributed by atoms with Gasteiger partial charge in [0.2, 0.25) is 11.8 Å². The molecule has 0 saturated carbocycles. The van der Waals surface area contributed by atoms with Gasteiger partial charge in [0.1, 0.15) is 35.6 Å². The molecule has 5 heterocycles. The molecule has 3 aliphatic heterocycles. The van der Waals surface area contributed by atoms with E-state index in [2.05, 4.69) is 10.2 Å². The number of nitrogens with zero attached hydrogens (tertiary/aromatic N) is 5. The number of benzene rings is 3. The van der Waals surface area contributed by atoms with Crippen molar-refractivity contribution in [2.75, 3.05) is 71.6 Å². The number of piperidine rings is 2. The van der Waals surface area contributed by atoms with Gasteiger partial charge in [-0.15, -0.1) is 0 Å². The van der Waals surface area contributed by atoms with Crippen LogP contribution in [0.1, 0.15) is 52.4 Å². The number of aromatic nitrogens is 3. The normalized spacial score (nSPS) is 18.2. The van der Waals surface area contributed by atoms with Crippen molar-refractivity contribution < 1.29 is 42.9 Å². The van der Waals surface area contributed by atoms with Gasteiger partial charge in [-0.05, 0) is 80.4 Å². The molecule has 3 aromatic carbocycles. The van der Waals surface area contributed by atoms with Gasteiger partial charge in [-0.3, -0.25) is 34.3 Å². The topological polar surface area (TPSA) is 190 Å². The van der Waals surface area contributed by atoms with E-state index in [9.17, 15) is 19.2 Å². The van der Waals surface area contributed by atoms with Crippen molar-refractivity contribution in [3.8, 4) is 28.5 Å². The fourth-order valence-corrected chi connectivity index (χ4v) is 7.83. The second kappa shape index (κ2) is 18.8. The molecule has 2 unspecified atom stereocenters. The van der Waals surface area contributed by atoms with E-state index in [1.165, 1.54) is 6.07 Å². The first kappa shape index (κ1) is 40.6. The molecule has 312 valence electrons. The van der Waals surface area contributed by atoms with Crippen LogP contribution >= 0.6 is 0 Å². The van der Waals surface area contributed by atoms with E-state index in [4.69, 9.17) is 39.5 Å². The summed E-state index contributed by atoms with van der Waals surface area (Å²) in [5, 5.41) is 8.15. The molecular weight excluding hydrogens is 771 g/mol. The van der Waals surface area contributed by atoms with Crippen molar-refractivity contribution in [3.05, 3.63) is 96.2 Å². The molecular formula is C44H47N7O9. The predicted octanol–water partition coefficient (Wildman–Crippen LogP) is 4.64. The van der Waals surface area contributed by atoms with Crippen molar-refractivity contribution >= 4 is 40.3 Å². The van der Waals surface area contributed by atoms with E-state index in [0.29, 0.717) is 38.7 Å². The zero-order chi connectivity index (χ0) is 41.4. The number of amides is 4. The van der Waals surface area contributed by atoms with Gasteiger partial charge in [0, 0.05) is 37.0 Å². The summed E-state index contributed by atoms with van der Waals surface area (Å²) in [6.45, 7) is 5.10. The quantitative estimate of drug-likeness (QED) is 0.0920. The SMILES string of the molecule is Nc1ccnc2c1c(-c1ccc(Oc3ccccc3)cc1)nn2C1CCCN(CCOCCOCCOCCOc2cccc3c2C(=O)N(C2CCC(=O)NC2=O)C3=O)C1. The number of imide groups is 2. The summed E-state index contributed by atoms with van der Waals surface area (Å²) < 4.78 is 31.0. The van der Waals surface area contributed by atoms with E-state index in [1.807, 2.05) is 65.3 Å². The fraction of sp³-hybridized carbons (Fsp3) is 0.364. The van der Waals surface area contributed by atoms with Crippen LogP contribution in [0.2, 0.25) is 0 Å². The van der Waals surface area contributed by atoms with Gasteiger partial charge in [0.25, 0.3) is 11.8 Å². The maximum atomic E-state index is 13.2. The summed E-state index contributed by atoms with van der Waals surface area (Å²) in [5.41, 5.74) is 9.94. The molecule has 2 fully saturated rings. The lowest BCUT2D eigenvalue weighted by Gasteiger charge is -2.32. The van der Waals surface area contributed by atoms with Crippen LogP contribution in [0.3, 0.4) is 0 Å². The molecule has 0 aliphatic carbocycles. The summed E-state index contributed by atoms with van der Waals surface area (Å²) in [6.07, 6.45) is 3.88. The van der Waals surface area contributed by atoms with Crippen molar-refractivity contribution in [2.45, 2.75) is 37.8 Å². The second-order valence-corrected chi connectivity index (χ2v) is 14.7. The number of nitrogen functional groups attached to an aromatic ring is 1. The number of carbonyl (C=O) groups is 4. The van der Waals surface area contributed by atoms with Crippen molar-refractivity contribution in [3.63, 3.8) is 0 Å². The molecule has 4 amide bonds. The Hall–Kier alpha value is -6.20. The Kier molecular flexibility index (Phi) is 12.7. The lowest BCUT2D eigenvalue weighted by Crippen LogP contribution is -2.54. The maximum Gasteiger partial charge on any atom is 0.266 e. The Morgan fingerprint density at radius 1 is 0.767 bits per heavy atom. The number of para-hydroxylation sites is 1. The zero-order valence-corrected chi connectivity index (χ0v) is 33.1. The molecule has 8 rings (SSSR count). The number of ether oxygens (including phenoxy) is 5. The van der Waals surface area contributed by atoms with E-state index >= 15 is 0 Å². The lowest BCUT2D eigenvalue weighted by molar-refractivity contribution is -0.136. The Balaban J connectivity index is 0.732. The highest BCUT2D eigenvalue weighted by Crippen LogP contribution is 2.36. The molecule has 0 bridgehead atoms. The fourth-order valence-electron chi connectivity index (χ4n) is 7.83. The number of rotatable bonds is 18. The highest BCUT2D eigenvalue weighted by atomic mass is 16.6. The number of fused-ring (bicyclic) bond motifs is 2. The van der Waals surface area contributed by atoms with E-state index in [1.54, 1.807) is 18.3 Å². The first-order valence-corrected chi connectivity index (χ1v) is 20.2. The molecule has 2 aromatic heterocycles. The standard InChI is InChI=1S/C44H47N7O9/c45-34-17-18-46-41-39(34)40(29-11-13-32(14-12-29)60-31-7-2-1-3-8-31)48-51(41)30-6-5-19-49(28-30)20-21-56-22-23-57-24-25-58-26-27-59-36-10-4-9-33-38(36)44(55)50(43(33)54)35-15-16-37(52)47-42(35)53/h1-4,7-14,17-18,30,35H,5-6,15-16,19-28H2,(H2,45,46)(H,47,52,53). The minimum Gasteiger partial charge on any atom is -0.490 e. The third-order valence-corrected chi connectivity index (χ3v) is 10.8. The zero-order valence-electron chi connectivity index (χ0n) is 33.1. The molecule has 2 atom stereocenters. The molecule has 3 N–H and O–H groups in total. The number of likely N-dealkylation sites (tertiary alicyclic amines) is 1. The van der Waals surface area contributed by atoms with Crippen molar-refractivity contribution in [1.29, 1.82) is 0 Å². The van der Waals surface area contributed by atoms with Gasteiger partial charge in [-0.2, -0.15) is 5.10 Å². The average Bonchev–Trinajstić information content (AvgIpc) is 3.78. The highest BCUT2D eigenvalue weighted by molar-refractivity contribution is 6.24. The van der Waals surface area contributed by atoms with Crippen LogP contribution in [0.15, 0.2) is 85.1 Å². The van der Waals surface area contributed by atoms with E-state index < -0.39 is 29.7 Å². The van der Waals surface area contributed by atoms with Crippen molar-refractivity contribution in [2.24, 2.45) is 0 Å². The second-order valence-electron chi connectivity index (χ2n) is 14.7. The van der Waals surface area contributed by atoms with Gasteiger partial charge in [-0.1, -0.05) is 24.3 Å². The third kappa shape index (κ3) is 9.01. The number of hydrogen-bond acceptors (Lipinski definition) is 13. The Labute approximate surface area is 346 Å².